The lowest BCUT2D eigenvalue weighted by Gasteiger charge is -2.59. The second-order valence-electron chi connectivity index (χ2n) is 9.90. The number of aliphatic imine (C=N–C) groups is 1. The molecule has 0 aliphatic heterocycles. The molecule has 0 bridgehead atoms. The lowest BCUT2D eigenvalue weighted by atomic mass is 9.46. The van der Waals surface area contributed by atoms with Crippen LogP contribution in [0.2, 0.25) is 0 Å². The van der Waals surface area contributed by atoms with Crippen molar-refractivity contribution in [3.8, 4) is 0 Å². The van der Waals surface area contributed by atoms with Gasteiger partial charge in [-0.3, -0.25) is 4.99 Å². The van der Waals surface area contributed by atoms with Crippen LogP contribution in [0.5, 0.6) is 0 Å². The van der Waals surface area contributed by atoms with Gasteiger partial charge < -0.3 is 0 Å². The van der Waals surface area contributed by atoms with Crippen LogP contribution in [0.4, 0.5) is 0 Å². The second kappa shape index (κ2) is 4.71. The Bertz CT molecular complexity index is 528. The van der Waals surface area contributed by atoms with Crippen LogP contribution in [0.3, 0.4) is 0 Å². The van der Waals surface area contributed by atoms with Crippen LogP contribution >= 0.6 is 0 Å². The summed E-state index contributed by atoms with van der Waals surface area (Å²) in [6.45, 7) is 13.9. The van der Waals surface area contributed by atoms with E-state index in [0.29, 0.717) is 5.41 Å². The Kier molecular flexibility index (Phi) is 3.20. The van der Waals surface area contributed by atoms with E-state index in [1.807, 2.05) is 11.1 Å². The summed E-state index contributed by atoms with van der Waals surface area (Å²) in [7, 11) is 0. The van der Waals surface area contributed by atoms with E-state index < -0.39 is 0 Å². The highest BCUT2D eigenvalue weighted by molar-refractivity contribution is 5.35. The van der Waals surface area contributed by atoms with Crippen molar-refractivity contribution in [3.63, 3.8) is 0 Å². The minimum absolute atomic E-state index is 0.147. The van der Waals surface area contributed by atoms with Crippen molar-refractivity contribution in [2.75, 3.05) is 0 Å². The van der Waals surface area contributed by atoms with Crippen LogP contribution in [0.25, 0.3) is 0 Å². The highest BCUT2D eigenvalue weighted by Gasteiger charge is 2.55. The number of rotatable bonds is 1. The Morgan fingerprint density at radius 1 is 1.18 bits per heavy atom. The molecule has 2 fully saturated rings. The fraction of sp³-hybridized carbons (Fsp3) is 0.857. The highest BCUT2D eigenvalue weighted by atomic mass is 14.9. The molecule has 0 spiro atoms. The summed E-state index contributed by atoms with van der Waals surface area (Å²) in [6.07, 6.45) is 9.60. The summed E-state index contributed by atoms with van der Waals surface area (Å²) in [5.74, 6) is 4.34. The van der Waals surface area contributed by atoms with Gasteiger partial charge in [-0.05, 0) is 93.6 Å². The monoisotopic (exact) mass is 299 g/mol. The van der Waals surface area contributed by atoms with Gasteiger partial charge in [0.15, 0.2) is 0 Å². The summed E-state index contributed by atoms with van der Waals surface area (Å²) in [5.41, 5.74) is 4.48. The van der Waals surface area contributed by atoms with Crippen LogP contribution in [0, 0.1) is 35.0 Å². The summed E-state index contributed by atoms with van der Waals surface area (Å²) in [4.78, 5) is 4.67. The smallest absolute Gasteiger partial charge is 0.0607 e. The first-order chi connectivity index (χ1) is 10.3. The van der Waals surface area contributed by atoms with E-state index in [1.165, 1.54) is 44.9 Å². The normalized spacial score (nSPS) is 49.5. The third-order valence-electron chi connectivity index (χ3n) is 7.88. The van der Waals surface area contributed by atoms with E-state index >= 15 is 0 Å². The molecule has 0 aromatic carbocycles. The number of hydrogen-bond donors (Lipinski definition) is 0. The van der Waals surface area contributed by atoms with E-state index in [1.54, 1.807) is 0 Å². The maximum Gasteiger partial charge on any atom is 0.0607 e. The van der Waals surface area contributed by atoms with Crippen LogP contribution in [0.1, 0.15) is 72.6 Å². The third kappa shape index (κ3) is 2.00. The Morgan fingerprint density at radius 3 is 2.68 bits per heavy atom. The van der Waals surface area contributed by atoms with Crippen molar-refractivity contribution in [1.29, 1.82) is 0 Å². The lowest BCUT2D eigenvalue weighted by Crippen LogP contribution is -2.53. The molecule has 4 aliphatic rings. The van der Waals surface area contributed by atoms with Gasteiger partial charge in [-0.2, -0.15) is 0 Å². The molecule has 6 atom stereocenters. The van der Waals surface area contributed by atoms with Gasteiger partial charge in [0.1, 0.15) is 0 Å². The molecule has 1 nitrogen and oxygen atoms in total. The molecule has 22 heavy (non-hydrogen) atoms. The molecule has 2 saturated carbocycles. The number of hydrogen-bond acceptors (Lipinski definition) is 1. The summed E-state index contributed by atoms with van der Waals surface area (Å²) < 4.78 is 0. The zero-order chi connectivity index (χ0) is 15.7. The van der Waals surface area contributed by atoms with Crippen molar-refractivity contribution in [1.82, 2.24) is 0 Å². The van der Waals surface area contributed by atoms with Crippen molar-refractivity contribution >= 4 is 6.72 Å². The van der Waals surface area contributed by atoms with Crippen molar-refractivity contribution in [2.24, 2.45) is 40.0 Å². The molecule has 0 unspecified atom stereocenters. The molecule has 1 heteroatoms. The minimum atomic E-state index is 0.147. The second-order valence-corrected chi connectivity index (χ2v) is 9.90. The molecule has 0 saturated heterocycles. The highest BCUT2D eigenvalue weighted by Crippen LogP contribution is 2.63. The molecular weight excluding hydrogens is 266 g/mol. The predicted octanol–water partition coefficient (Wildman–Crippen LogP) is 5.65. The first-order valence-corrected chi connectivity index (χ1v) is 9.54. The molecule has 0 aromatic rings. The van der Waals surface area contributed by atoms with E-state index in [2.05, 4.69) is 39.4 Å². The molecule has 0 amide bonds. The Morgan fingerprint density at radius 2 is 1.95 bits per heavy atom. The van der Waals surface area contributed by atoms with Gasteiger partial charge in [-0.25, -0.2) is 0 Å². The molecule has 0 heterocycles. The molecule has 0 radical (unpaired) electrons. The molecule has 122 valence electrons. The zero-order valence-electron chi connectivity index (χ0n) is 15.0. The maximum atomic E-state index is 4.67. The third-order valence-corrected chi connectivity index (χ3v) is 7.88. The van der Waals surface area contributed by atoms with Crippen molar-refractivity contribution < 1.29 is 0 Å². The SMILES string of the molecule is C=N[C@@]1(C)CC[C@H]2[C@H]3C4=C(CC[C@H]31)CC(C)(C)C[C@@H]4C[C@@H]2C. The van der Waals surface area contributed by atoms with Crippen LogP contribution in [-0.4, -0.2) is 12.3 Å². The van der Waals surface area contributed by atoms with E-state index in [9.17, 15) is 0 Å². The van der Waals surface area contributed by atoms with Gasteiger partial charge >= 0.3 is 0 Å². The largest absolute Gasteiger partial charge is 0.294 e. The standard InChI is InChI=1S/C21H33N/c1-13-10-15-12-20(2,3)11-14-6-7-17-19(18(14)15)16(13)8-9-21(17,4)22-5/h13,15-17,19H,5-12H2,1-4H3/t13-,15-,16+,17+,19+,21-/m0/s1. The maximum absolute atomic E-state index is 4.67. The Balaban J connectivity index is 1.81. The number of nitrogens with zero attached hydrogens (tertiary/aromatic N) is 1. The Hall–Kier alpha value is -0.590. The van der Waals surface area contributed by atoms with Crippen molar-refractivity contribution in [2.45, 2.75) is 78.2 Å². The van der Waals surface area contributed by atoms with Gasteiger partial charge in [0, 0.05) is 0 Å². The fourth-order valence-electron chi connectivity index (χ4n) is 7.00. The minimum Gasteiger partial charge on any atom is -0.294 e. The molecule has 4 aliphatic carbocycles. The molecule has 4 rings (SSSR count). The first-order valence-electron chi connectivity index (χ1n) is 9.54. The fourth-order valence-corrected chi connectivity index (χ4v) is 7.00. The van der Waals surface area contributed by atoms with Gasteiger partial charge in [-0.15, -0.1) is 0 Å². The molecule has 0 aromatic heterocycles. The van der Waals surface area contributed by atoms with Crippen molar-refractivity contribution in [3.05, 3.63) is 11.1 Å². The van der Waals surface area contributed by atoms with E-state index in [-0.39, 0.29) is 5.54 Å². The zero-order valence-corrected chi connectivity index (χ0v) is 15.0. The van der Waals surface area contributed by atoms with E-state index in [0.717, 1.165) is 29.6 Å². The summed E-state index contributed by atoms with van der Waals surface area (Å²) in [6, 6.07) is 0. The average molecular weight is 300 g/mol. The quantitative estimate of drug-likeness (QED) is 0.438. The van der Waals surface area contributed by atoms with Gasteiger partial charge in [0.25, 0.3) is 0 Å². The predicted molar refractivity (Wildman–Crippen MR) is 94.2 cm³/mol. The van der Waals surface area contributed by atoms with Crippen LogP contribution in [-0.2, 0) is 0 Å². The van der Waals surface area contributed by atoms with Gasteiger partial charge in [0.2, 0.25) is 0 Å². The molecule has 0 N–H and O–H groups in total. The number of allylic oxidation sites excluding steroid dienone is 2. The first kappa shape index (κ1) is 15.0. The molecular formula is C21H33N. The average Bonchev–Trinajstić information content (AvgIpc) is 2.45. The topological polar surface area (TPSA) is 12.4 Å². The summed E-state index contributed by atoms with van der Waals surface area (Å²) >= 11 is 0. The van der Waals surface area contributed by atoms with E-state index in [4.69, 9.17) is 0 Å². The lowest BCUT2D eigenvalue weighted by molar-refractivity contribution is 0.00597. The van der Waals surface area contributed by atoms with Crippen LogP contribution < -0.4 is 0 Å². The van der Waals surface area contributed by atoms with Gasteiger partial charge in [0.05, 0.1) is 5.54 Å². The Labute approximate surface area is 136 Å². The van der Waals surface area contributed by atoms with Gasteiger partial charge in [-0.1, -0.05) is 31.9 Å². The van der Waals surface area contributed by atoms with Crippen LogP contribution in [0.15, 0.2) is 16.1 Å². The summed E-state index contributed by atoms with van der Waals surface area (Å²) in [5, 5.41) is 0.